The van der Waals surface area contributed by atoms with E-state index >= 15 is 0 Å². The van der Waals surface area contributed by atoms with Crippen LogP contribution in [0.1, 0.15) is 23.1 Å². The summed E-state index contributed by atoms with van der Waals surface area (Å²) in [6, 6.07) is 7.03. The van der Waals surface area contributed by atoms with Crippen LogP contribution in [0.5, 0.6) is 0 Å². The maximum atomic E-state index is 12.4. The topological polar surface area (TPSA) is 59.5 Å². The maximum absolute atomic E-state index is 12.4. The van der Waals surface area contributed by atoms with Crippen LogP contribution >= 0.6 is 11.3 Å². The summed E-state index contributed by atoms with van der Waals surface area (Å²) in [4.78, 5) is 31.2. The highest BCUT2D eigenvalue weighted by Gasteiger charge is 2.37. The second kappa shape index (κ2) is 6.50. The molecule has 1 atom stereocenters. The fourth-order valence-electron chi connectivity index (χ4n) is 2.87. The summed E-state index contributed by atoms with van der Waals surface area (Å²) in [6.45, 7) is 3.72. The number of anilines is 1. The van der Waals surface area contributed by atoms with Crippen LogP contribution in [-0.2, 0) is 27.2 Å². The lowest BCUT2D eigenvalue weighted by atomic mass is 10.1. The van der Waals surface area contributed by atoms with E-state index in [0.29, 0.717) is 19.4 Å². The van der Waals surface area contributed by atoms with Crippen LogP contribution in [0, 0.1) is 6.92 Å². The molecule has 0 saturated heterocycles. The zero-order chi connectivity index (χ0) is 16.4. The van der Waals surface area contributed by atoms with Gasteiger partial charge in [0.25, 0.3) is 0 Å². The highest BCUT2D eigenvalue weighted by atomic mass is 32.1. The van der Waals surface area contributed by atoms with Gasteiger partial charge in [-0.15, -0.1) is 11.3 Å². The highest BCUT2D eigenvalue weighted by molar-refractivity contribution is 7.09. The Morgan fingerprint density at radius 3 is 2.87 bits per heavy atom. The summed E-state index contributed by atoms with van der Waals surface area (Å²) in [6.07, 6.45) is 1.16. The van der Waals surface area contributed by atoms with Crippen LogP contribution in [0.3, 0.4) is 0 Å². The molecule has 0 fully saturated rings. The number of carbonyl (C=O) groups excluding carboxylic acids is 2. The Hall–Kier alpha value is -2.21. The third-order valence-electron chi connectivity index (χ3n) is 4.01. The Kier molecular flexibility index (Phi) is 4.43. The van der Waals surface area contributed by atoms with Gasteiger partial charge in [-0.2, -0.15) is 0 Å². The number of carbonyl (C=O) groups is 2. The van der Waals surface area contributed by atoms with Crippen LogP contribution < -0.4 is 4.90 Å². The summed E-state index contributed by atoms with van der Waals surface area (Å²) in [7, 11) is 0. The number of aromatic nitrogens is 1. The predicted molar refractivity (Wildman–Crippen MR) is 88.6 cm³/mol. The lowest BCUT2D eigenvalue weighted by Crippen LogP contribution is -2.42. The van der Waals surface area contributed by atoms with E-state index < -0.39 is 6.04 Å². The van der Waals surface area contributed by atoms with Gasteiger partial charge in [0.05, 0.1) is 17.8 Å². The quantitative estimate of drug-likeness (QED) is 0.808. The molecule has 0 N–H and O–H groups in total. The maximum Gasteiger partial charge on any atom is 0.329 e. The molecule has 6 heteroatoms. The molecule has 3 rings (SSSR count). The van der Waals surface area contributed by atoms with Crippen LogP contribution in [0.15, 0.2) is 29.8 Å². The molecule has 1 amide bonds. The molecule has 1 aliphatic rings. The van der Waals surface area contributed by atoms with Crippen molar-refractivity contribution in [2.24, 2.45) is 0 Å². The van der Waals surface area contributed by atoms with Gasteiger partial charge in [0.15, 0.2) is 0 Å². The lowest BCUT2D eigenvalue weighted by molar-refractivity contribution is -0.146. The smallest absolute Gasteiger partial charge is 0.329 e. The van der Waals surface area contributed by atoms with Crippen molar-refractivity contribution in [2.75, 3.05) is 11.5 Å². The molecule has 0 saturated carbocycles. The average Bonchev–Trinajstić information content (AvgIpc) is 3.11. The van der Waals surface area contributed by atoms with E-state index in [-0.39, 0.29) is 11.9 Å². The Morgan fingerprint density at radius 2 is 2.17 bits per heavy atom. The molecular weight excluding hydrogens is 312 g/mol. The fraction of sp³-hybridized carbons (Fsp3) is 0.353. The Bertz CT molecular complexity index is 741. The van der Waals surface area contributed by atoms with Crippen molar-refractivity contribution in [1.29, 1.82) is 0 Å². The van der Waals surface area contributed by atoms with E-state index in [2.05, 4.69) is 4.98 Å². The SMILES string of the molecule is CC(=O)N1c2ccccc2C[C@H]1C(=O)OCCc1scnc1C. The Balaban J connectivity index is 1.65. The number of nitrogens with zero attached hydrogens (tertiary/aromatic N) is 2. The van der Waals surface area contributed by atoms with Gasteiger partial charge in [0.1, 0.15) is 6.04 Å². The summed E-state index contributed by atoms with van der Waals surface area (Å²) in [5, 5.41) is 0. The molecule has 1 aliphatic heterocycles. The minimum absolute atomic E-state index is 0.143. The van der Waals surface area contributed by atoms with E-state index in [1.807, 2.05) is 31.2 Å². The van der Waals surface area contributed by atoms with Crippen molar-refractivity contribution < 1.29 is 14.3 Å². The molecular formula is C17H18N2O3S. The predicted octanol–water partition coefficient (Wildman–Crippen LogP) is 2.52. The van der Waals surface area contributed by atoms with Gasteiger partial charge >= 0.3 is 5.97 Å². The molecule has 1 aromatic carbocycles. The molecule has 0 unspecified atom stereocenters. The zero-order valence-corrected chi connectivity index (χ0v) is 13.9. The van der Waals surface area contributed by atoms with Crippen LogP contribution in [0.2, 0.25) is 0 Å². The van der Waals surface area contributed by atoms with Crippen LogP contribution in [0.25, 0.3) is 0 Å². The van der Waals surface area contributed by atoms with Gasteiger partial charge in [0, 0.05) is 30.3 Å². The molecule has 1 aromatic heterocycles. The lowest BCUT2D eigenvalue weighted by Gasteiger charge is -2.22. The Labute approximate surface area is 138 Å². The van der Waals surface area contributed by atoms with Crippen LogP contribution in [0.4, 0.5) is 5.69 Å². The number of benzene rings is 1. The number of para-hydroxylation sites is 1. The van der Waals surface area contributed by atoms with Gasteiger partial charge in [-0.3, -0.25) is 9.69 Å². The number of rotatable bonds is 4. The number of hydrogen-bond acceptors (Lipinski definition) is 5. The molecule has 120 valence electrons. The van der Waals surface area contributed by atoms with E-state index in [9.17, 15) is 9.59 Å². The number of ether oxygens (including phenoxy) is 1. The molecule has 0 aliphatic carbocycles. The molecule has 0 spiro atoms. The van der Waals surface area contributed by atoms with Gasteiger partial charge < -0.3 is 4.74 Å². The fourth-order valence-corrected chi connectivity index (χ4v) is 3.63. The molecule has 0 radical (unpaired) electrons. The van der Waals surface area contributed by atoms with Crippen molar-refractivity contribution in [3.8, 4) is 0 Å². The molecule has 2 aromatic rings. The molecule has 2 heterocycles. The van der Waals surface area contributed by atoms with E-state index in [4.69, 9.17) is 4.74 Å². The highest BCUT2D eigenvalue weighted by Crippen LogP contribution is 2.32. The summed E-state index contributed by atoms with van der Waals surface area (Å²) >= 11 is 1.56. The van der Waals surface area contributed by atoms with E-state index in [1.165, 1.54) is 11.8 Å². The number of thiazole rings is 1. The van der Waals surface area contributed by atoms with Crippen molar-refractivity contribution >= 4 is 28.9 Å². The number of aryl methyl sites for hydroxylation is 1. The number of amides is 1. The number of fused-ring (bicyclic) bond motifs is 1. The van der Waals surface area contributed by atoms with Crippen LogP contribution in [-0.4, -0.2) is 29.5 Å². The number of hydrogen-bond donors (Lipinski definition) is 0. The van der Waals surface area contributed by atoms with Gasteiger partial charge in [0.2, 0.25) is 5.91 Å². The van der Waals surface area contributed by atoms with E-state index in [0.717, 1.165) is 21.8 Å². The summed E-state index contributed by atoms with van der Waals surface area (Å²) in [5.74, 6) is -0.492. The minimum Gasteiger partial charge on any atom is -0.464 e. The third-order valence-corrected chi connectivity index (χ3v) is 5.00. The molecule has 0 bridgehead atoms. The summed E-state index contributed by atoms with van der Waals surface area (Å²) in [5.41, 5.74) is 4.57. The Morgan fingerprint density at radius 1 is 1.39 bits per heavy atom. The van der Waals surface area contributed by atoms with Crippen molar-refractivity contribution in [1.82, 2.24) is 4.98 Å². The minimum atomic E-state index is -0.563. The van der Waals surface area contributed by atoms with Gasteiger partial charge in [-0.05, 0) is 18.6 Å². The van der Waals surface area contributed by atoms with Gasteiger partial charge in [-0.25, -0.2) is 9.78 Å². The zero-order valence-electron chi connectivity index (χ0n) is 13.1. The van der Waals surface area contributed by atoms with E-state index in [1.54, 1.807) is 16.8 Å². The second-order valence-electron chi connectivity index (χ2n) is 5.52. The normalized spacial score (nSPS) is 16.3. The average molecular weight is 330 g/mol. The third kappa shape index (κ3) is 3.12. The van der Waals surface area contributed by atoms with Crippen molar-refractivity contribution in [2.45, 2.75) is 32.7 Å². The first-order chi connectivity index (χ1) is 11.1. The number of esters is 1. The second-order valence-corrected chi connectivity index (χ2v) is 6.46. The monoisotopic (exact) mass is 330 g/mol. The largest absolute Gasteiger partial charge is 0.464 e. The first-order valence-corrected chi connectivity index (χ1v) is 8.39. The molecule has 5 nitrogen and oxygen atoms in total. The summed E-state index contributed by atoms with van der Waals surface area (Å²) < 4.78 is 5.41. The first kappa shape index (κ1) is 15.7. The molecule has 23 heavy (non-hydrogen) atoms. The van der Waals surface area contributed by atoms with Crippen molar-refractivity contribution in [3.05, 3.63) is 45.9 Å². The van der Waals surface area contributed by atoms with Crippen molar-refractivity contribution in [3.63, 3.8) is 0 Å². The van der Waals surface area contributed by atoms with Gasteiger partial charge in [-0.1, -0.05) is 18.2 Å². The standard InChI is InChI=1S/C17H18N2O3S/c1-11-16(23-10-18-11)7-8-22-17(21)15-9-13-5-3-4-6-14(13)19(15)12(2)20/h3-6,10,15H,7-9H2,1-2H3/t15-/m0/s1. The first-order valence-electron chi connectivity index (χ1n) is 7.51.